The Hall–Kier alpha value is -2.79. The van der Waals surface area contributed by atoms with E-state index in [0.717, 1.165) is 49.6 Å². The number of benzene rings is 2. The number of hydrogen-bond donors (Lipinski definition) is 1. The molecule has 2 aromatic carbocycles. The maximum absolute atomic E-state index is 13.6. The third-order valence-corrected chi connectivity index (χ3v) is 8.01. The van der Waals surface area contributed by atoms with Gasteiger partial charge in [-0.1, -0.05) is 54.3 Å². The Balaban J connectivity index is 1.95. The molecule has 2 amide bonds. The molecule has 0 aromatic heterocycles. The van der Waals surface area contributed by atoms with Crippen LogP contribution in [-0.2, 0) is 32.3 Å². The van der Waals surface area contributed by atoms with E-state index in [1.807, 2.05) is 19.1 Å². The number of amides is 2. The molecular weight excluding hydrogens is 543 g/mol. The summed E-state index contributed by atoms with van der Waals surface area (Å²) in [7, 11) is -4.24. The maximum Gasteiger partial charge on any atom is 0.416 e. The lowest BCUT2D eigenvalue weighted by molar-refractivity contribution is -0.139. The van der Waals surface area contributed by atoms with Crippen molar-refractivity contribution in [2.75, 3.05) is 17.1 Å². The van der Waals surface area contributed by atoms with Gasteiger partial charge in [-0.25, -0.2) is 8.42 Å². The molecule has 208 valence electrons. The van der Waals surface area contributed by atoms with Crippen molar-refractivity contribution >= 4 is 39.1 Å². The molecule has 1 saturated carbocycles. The number of carbonyl (C=O) groups is 2. The van der Waals surface area contributed by atoms with Crippen LogP contribution in [-0.4, -0.2) is 50.0 Å². The molecule has 1 fully saturated rings. The quantitative estimate of drug-likeness (QED) is 0.462. The number of nitrogens with zero attached hydrogens (tertiary/aromatic N) is 2. The molecule has 2 aromatic rings. The predicted molar refractivity (Wildman–Crippen MR) is 140 cm³/mol. The lowest BCUT2D eigenvalue weighted by atomic mass is 10.1. The van der Waals surface area contributed by atoms with E-state index >= 15 is 0 Å². The number of hydrogen-bond acceptors (Lipinski definition) is 4. The van der Waals surface area contributed by atoms with E-state index in [1.54, 1.807) is 19.1 Å². The predicted octanol–water partition coefficient (Wildman–Crippen LogP) is 4.91. The second kappa shape index (κ2) is 11.9. The van der Waals surface area contributed by atoms with E-state index in [0.29, 0.717) is 15.9 Å². The highest BCUT2D eigenvalue weighted by molar-refractivity contribution is 7.92. The van der Waals surface area contributed by atoms with E-state index in [-0.39, 0.29) is 23.5 Å². The average Bonchev–Trinajstić information content (AvgIpc) is 3.33. The highest BCUT2D eigenvalue weighted by Crippen LogP contribution is 2.36. The summed E-state index contributed by atoms with van der Waals surface area (Å²) in [5.74, 6) is -1.15. The van der Waals surface area contributed by atoms with Crippen LogP contribution in [0.4, 0.5) is 18.9 Å². The zero-order valence-corrected chi connectivity index (χ0v) is 23.0. The van der Waals surface area contributed by atoms with Crippen molar-refractivity contribution in [2.24, 2.45) is 0 Å². The number of aryl methyl sites for hydroxylation is 1. The van der Waals surface area contributed by atoms with Crippen LogP contribution in [0.25, 0.3) is 0 Å². The molecule has 1 atom stereocenters. The molecule has 3 rings (SSSR count). The van der Waals surface area contributed by atoms with Crippen molar-refractivity contribution in [1.82, 2.24) is 10.2 Å². The second-order valence-electron chi connectivity index (χ2n) is 9.61. The fraction of sp³-hybridized carbons (Fsp3) is 0.462. The van der Waals surface area contributed by atoms with Gasteiger partial charge in [-0.15, -0.1) is 0 Å². The Bertz CT molecular complexity index is 1260. The Labute approximate surface area is 226 Å². The lowest BCUT2D eigenvalue weighted by Crippen LogP contribution is -2.52. The zero-order chi connectivity index (χ0) is 28.3. The number of alkyl halides is 3. The van der Waals surface area contributed by atoms with Gasteiger partial charge >= 0.3 is 6.18 Å². The first-order chi connectivity index (χ1) is 17.7. The summed E-state index contributed by atoms with van der Waals surface area (Å²) in [5.41, 5.74) is 0.100. The molecular formula is C26H31ClF3N3O4S. The highest BCUT2D eigenvalue weighted by Gasteiger charge is 2.35. The standard InChI is InChI=1S/C26H31ClF3N3O4S/c1-17-8-10-19(11-9-17)15-32(18(2)25(35)31-21-6-4-5-7-21)24(34)16-33(38(3,36)37)23-14-20(26(28,29)30)12-13-22(23)27/h8-14,18,21H,4-7,15-16H2,1-3H3,(H,31,35). The third kappa shape index (κ3) is 7.63. The van der Waals surface area contributed by atoms with Crippen LogP contribution in [0.3, 0.4) is 0 Å². The fourth-order valence-electron chi connectivity index (χ4n) is 4.34. The van der Waals surface area contributed by atoms with Crippen LogP contribution < -0.4 is 9.62 Å². The number of anilines is 1. The summed E-state index contributed by atoms with van der Waals surface area (Å²) in [4.78, 5) is 27.9. The molecule has 1 N–H and O–H groups in total. The van der Waals surface area contributed by atoms with Crippen LogP contribution in [0.1, 0.15) is 49.3 Å². The van der Waals surface area contributed by atoms with Crippen molar-refractivity contribution in [3.63, 3.8) is 0 Å². The number of halogens is 4. The first-order valence-corrected chi connectivity index (χ1v) is 14.4. The molecule has 0 aliphatic heterocycles. The Kier molecular flexibility index (Phi) is 9.35. The van der Waals surface area contributed by atoms with Gasteiger partial charge in [0.05, 0.1) is 22.5 Å². The molecule has 1 unspecified atom stereocenters. The van der Waals surface area contributed by atoms with Gasteiger partial charge in [0.25, 0.3) is 0 Å². The summed E-state index contributed by atoms with van der Waals surface area (Å²) in [6.07, 6.45) is -0.326. The van der Waals surface area contributed by atoms with E-state index in [1.165, 1.54) is 4.90 Å². The first-order valence-electron chi connectivity index (χ1n) is 12.2. The van der Waals surface area contributed by atoms with Crippen LogP contribution in [0.15, 0.2) is 42.5 Å². The van der Waals surface area contributed by atoms with Gasteiger partial charge in [0.2, 0.25) is 21.8 Å². The Morgan fingerprint density at radius 3 is 2.26 bits per heavy atom. The van der Waals surface area contributed by atoms with Crippen molar-refractivity contribution in [3.8, 4) is 0 Å². The number of sulfonamides is 1. The van der Waals surface area contributed by atoms with Gasteiger partial charge in [-0.3, -0.25) is 13.9 Å². The summed E-state index contributed by atoms with van der Waals surface area (Å²) in [6, 6.07) is 8.54. The largest absolute Gasteiger partial charge is 0.416 e. The van der Waals surface area contributed by atoms with E-state index in [2.05, 4.69) is 5.32 Å². The zero-order valence-electron chi connectivity index (χ0n) is 21.4. The summed E-state index contributed by atoms with van der Waals surface area (Å²) in [5, 5.41) is 2.68. The van der Waals surface area contributed by atoms with E-state index in [4.69, 9.17) is 11.6 Å². The second-order valence-corrected chi connectivity index (χ2v) is 11.9. The monoisotopic (exact) mass is 573 g/mol. The number of carbonyl (C=O) groups excluding carboxylic acids is 2. The summed E-state index contributed by atoms with van der Waals surface area (Å²) < 4.78 is 65.9. The fourth-order valence-corrected chi connectivity index (χ4v) is 5.46. The average molecular weight is 574 g/mol. The molecule has 0 saturated heterocycles. The van der Waals surface area contributed by atoms with Crippen molar-refractivity contribution in [3.05, 3.63) is 64.2 Å². The van der Waals surface area contributed by atoms with Gasteiger partial charge in [-0.05, 0) is 50.5 Å². The van der Waals surface area contributed by atoms with Crippen LogP contribution >= 0.6 is 11.6 Å². The molecule has 38 heavy (non-hydrogen) atoms. The van der Waals surface area contributed by atoms with E-state index in [9.17, 15) is 31.2 Å². The Morgan fingerprint density at radius 1 is 1.11 bits per heavy atom. The Morgan fingerprint density at radius 2 is 1.71 bits per heavy atom. The first kappa shape index (κ1) is 29.8. The minimum atomic E-state index is -4.75. The molecule has 1 aliphatic carbocycles. The summed E-state index contributed by atoms with van der Waals surface area (Å²) >= 11 is 6.10. The van der Waals surface area contributed by atoms with Crippen LogP contribution in [0, 0.1) is 6.92 Å². The SMILES string of the molecule is Cc1ccc(CN(C(=O)CN(c2cc(C(F)(F)F)ccc2Cl)S(C)(=O)=O)C(C)C(=O)NC2CCCC2)cc1. The van der Waals surface area contributed by atoms with Crippen LogP contribution in [0.5, 0.6) is 0 Å². The maximum atomic E-state index is 13.6. The van der Waals surface area contributed by atoms with Gasteiger partial charge < -0.3 is 10.2 Å². The topological polar surface area (TPSA) is 86.8 Å². The molecule has 12 heteroatoms. The molecule has 0 bridgehead atoms. The number of nitrogens with one attached hydrogen (secondary N) is 1. The van der Waals surface area contributed by atoms with E-state index < -0.39 is 45.9 Å². The van der Waals surface area contributed by atoms with Gasteiger partial charge in [0.1, 0.15) is 12.6 Å². The molecule has 0 heterocycles. The van der Waals surface area contributed by atoms with Crippen molar-refractivity contribution < 1.29 is 31.2 Å². The molecule has 1 aliphatic rings. The lowest BCUT2D eigenvalue weighted by Gasteiger charge is -2.32. The van der Waals surface area contributed by atoms with Gasteiger partial charge in [-0.2, -0.15) is 13.2 Å². The molecule has 7 nitrogen and oxygen atoms in total. The molecule has 0 radical (unpaired) electrons. The summed E-state index contributed by atoms with van der Waals surface area (Å²) in [6.45, 7) is 2.59. The van der Waals surface area contributed by atoms with Crippen molar-refractivity contribution in [2.45, 2.75) is 64.3 Å². The normalized spacial score (nSPS) is 15.2. The van der Waals surface area contributed by atoms with Gasteiger partial charge in [0, 0.05) is 12.6 Å². The van der Waals surface area contributed by atoms with Crippen molar-refractivity contribution in [1.29, 1.82) is 0 Å². The minimum Gasteiger partial charge on any atom is -0.352 e. The highest BCUT2D eigenvalue weighted by atomic mass is 35.5. The van der Waals surface area contributed by atoms with Gasteiger partial charge in [0.15, 0.2) is 0 Å². The number of rotatable bonds is 9. The minimum absolute atomic E-state index is 0.00212. The van der Waals surface area contributed by atoms with Crippen LogP contribution in [0.2, 0.25) is 5.02 Å². The third-order valence-electron chi connectivity index (χ3n) is 6.56. The smallest absolute Gasteiger partial charge is 0.352 e. The molecule has 0 spiro atoms.